The molecular formula is C22H24ClN5O4S. The van der Waals surface area contributed by atoms with E-state index < -0.39 is 6.10 Å². The van der Waals surface area contributed by atoms with Crippen LogP contribution in [0.1, 0.15) is 19.8 Å². The predicted octanol–water partition coefficient (Wildman–Crippen LogP) is 3.17. The molecule has 4 heterocycles. The highest BCUT2D eigenvalue weighted by Crippen LogP contribution is 2.43. The van der Waals surface area contributed by atoms with Gasteiger partial charge in [-0.1, -0.05) is 11.6 Å². The minimum Gasteiger partial charge on any atom is -0.454 e. The van der Waals surface area contributed by atoms with Gasteiger partial charge in [0.05, 0.1) is 10.5 Å². The van der Waals surface area contributed by atoms with Crippen molar-refractivity contribution in [1.82, 2.24) is 19.4 Å². The molecule has 0 spiro atoms. The monoisotopic (exact) mass is 489 g/mol. The fourth-order valence-electron chi connectivity index (χ4n) is 4.26. The van der Waals surface area contributed by atoms with Gasteiger partial charge in [0.1, 0.15) is 11.6 Å². The minimum absolute atomic E-state index is 0.177. The van der Waals surface area contributed by atoms with Gasteiger partial charge in [0.15, 0.2) is 22.5 Å². The highest BCUT2D eigenvalue weighted by atomic mass is 35.5. The molecule has 0 saturated carbocycles. The summed E-state index contributed by atoms with van der Waals surface area (Å²) in [5, 5.41) is 10.9. The number of hydrogen-bond donors (Lipinski definition) is 2. The van der Waals surface area contributed by atoms with Gasteiger partial charge < -0.3 is 29.8 Å². The molecule has 2 aliphatic heterocycles. The first-order valence-electron chi connectivity index (χ1n) is 10.7. The number of aryl methyl sites for hydroxylation is 1. The molecule has 0 aliphatic carbocycles. The normalized spacial score (nSPS) is 18.3. The summed E-state index contributed by atoms with van der Waals surface area (Å²) in [5.74, 6) is 1.79. The summed E-state index contributed by atoms with van der Waals surface area (Å²) in [7, 11) is 0. The van der Waals surface area contributed by atoms with Gasteiger partial charge in [0.2, 0.25) is 6.79 Å². The van der Waals surface area contributed by atoms with Crippen LogP contribution in [0.3, 0.4) is 0 Å². The van der Waals surface area contributed by atoms with Crippen LogP contribution in [0.2, 0.25) is 5.02 Å². The number of nitrogens with zero attached hydrogens (tertiary/aromatic N) is 4. The summed E-state index contributed by atoms with van der Waals surface area (Å²) in [6.07, 6.45) is 2.48. The molecular weight excluding hydrogens is 466 g/mol. The van der Waals surface area contributed by atoms with Crippen LogP contribution in [0.25, 0.3) is 11.0 Å². The Morgan fingerprint density at radius 1 is 1.39 bits per heavy atom. The molecule has 2 aliphatic rings. The number of benzene rings is 1. The summed E-state index contributed by atoms with van der Waals surface area (Å²) in [6.45, 7) is 3.71. The van der Waals surface area contributed by atoms with Crippen molar-refractivity contribution < 1.29 is 19.4 Å². The number of pyridine rings is 1. The predicted molar refractivity (Wildman–Crippen MR) is 125 cm³/mol. The Bertz CT molecular complexity index is 1220. The summed E-state index contributed by atoms with van der Waals surface area (Å²) < 4.78 is 13.0. The highest BCUT2D eigenvalue weighted by molar-refractivity contribution is 7.99. The number of halogens is 1. The molecule has 9 nitrogen and oxygen atoms in total. The number of hydrogen-bond acceptors (Lipinski definition) is 8. The number of nitrogen functional groups attached to an aromatic ring is 1. The number of rotatable bonds is 6. The van der Waals surface area contributed by atoms with Gasteiger partial charge in [-0.2, -0.15) is 0 Å². The largest absolute Gasteiger partial charge is 0.454 e. The average Bonchev–Trinajstić information content (AvgIpc) is 3.51. The summed E-state index contributed by atoms with van der Waals surface area (Å²) in [5.41, 5.74) is 7.65. The molecule has 1 amide bonds. The van der Waals surface area contributed by atoms with E-state index in [4.69, 9.17) is 31.8 Å². The Kier molecular flexibility index (Phi) is 5.98. The zero-order valence-electron chi connectivity index (χ0n) is 18.0. The molecule has 0 bridgehead atoms. The number of aliphatic hydroxyl groups excluding tert-OH is 1. The van der Waals surface area contributed by atoms with Gasteiger partial charge >= 0.3 is 0 Å². The smallest absolute Gasteiger partial charge is 0.251 e. The lowest BCUT2D eigenvalue weighted by Gasteiger charge is -2.18. The first-order valence-corrected chi connectivity index (χ1v) is 11.9. The second-order valence-electron chi connectivity index (χ2n) is 8.25. The van der Waals surface area contributed by atoms with Crippen molar-refractivity contribution in [3.8, 4) is 11.5 Å². The lowest BCUT2D eigenvalue weighted by atomic mass is 10.1. The highest BCUT2D eigenvalue weighted by Gasteiger charge is 2.28. The van der Waals surface area contributed by atoms with E-state index in [9.17, 15) is 9.90 Å². The number of aromatic nitrogens is 3. The Labute approximate surface area is 199 Å². The lowest BCUT2D eigenvalue weighted by molar-refractivity contribution is -0.138. The topological polar surface area (TPSA) is 116 Å². The number of likely N-dealkylation sites (tertiary alicyclic amines) is 1. The fourth-order valence-corrected chi connectivity index (χ4v) is 5.49. The van der Waals surface area contributed by atoms with Crippen molar-refractivity contribution in [3.05, 3.63) is 29.4 Å². The zero-order valence-corrected chi connectivity index (χ0v) is 19.6. The number of aliphatic hydroxyl groups is 1. The van der Waals surface area contributed by atoms with E-state index in [0.29, 0.717) is 53.4 Å². The van der Waals surface area contributed by atoms with Gasteiger partial charge in [-0.15, -0.1) is 0 Å². The maximum absolute atomic E-state index is 12.1. The summed E-state index contributed by atoms with van der Waals surface area (Å²) >= 11 is 7.94. The molecule has 174 valence electrons. The van der Waals surface area contributed by atoms with Crippen LogP contribution in [0.15, 0.2) is 34.4 Å². The van der Waals surface area contributed by atoms with Crippen LogP contribution in [-0.2, 0) is 11.3 Å². The van der Waals surface area contributed by atoms with Crippen molar-refractivity contribution in [2.45, 2.75) is 42.5 Å². The average molecular weight is 490 g/mol. The van der Waals surface area contributed by atoms with Gasteiger partial charge in [0.25, 0.3) is 5.91 Å². The quantitative estimate of drug-likeness (QED) is 0.542. The number of amides is 1. The van der Waals surface area contributed by atoms with E-state index >= 15 is 0 Å². The lowest BCUT2D eigenvalue weighted by Crippen LogP contribution is -2.36. The van der Waals surface area contributed by atoms with Crippen molar-refractivity contribution >= 4 is 46.1 Å². The van der Waals surface area contributed by atoms with E-state index in [0.717, 1.165) is 28.4 Å². The Morgan fingerprint density at radius 2 is 2.18 bits per heavy atom. The molecule has 1 aromatic carbocycles. The van der Waals surface area contributed by atoms with Gasteiger partial charge in [0, 0.05) is 36.8 Å². The summed E-state index contributed by atoms with van der Waals surface area (Å²) in [4.78, 5) is 23.6. The molecule has 3 aromatic rings. The fraction of sp³-hybridized carbons (Fsp3) is 0.409. The molecule has 1 saturated heterocycles. The van der Waals surface area contributed by atoms with Crippen molar-refractivity contribution in [2.24, 2.45) is 5.92 Å². The third-order valence-electron chi connectivity index (χ3n) is 6.00. The Hall–Kier alpha value is -2.69. The second-order valence-corrected chi connectivity index (χ2v) is 9.67. The van der Waals surface area contributed by atoms with Crippen LogP contribution in [0.4, 0.5) is 5.82 Å². The van der Waals surface area contributed by atoms with Crippen LogP contribution >= 0.6 is 23.4 Å². The van der Waals surface area contributed by atoms with E-state index in [1.54, 1.807) is 17.2 Å². The van der Waals surface area contributed by atoms with Crippen LogP contribution in [0, 0.1) is 5.92 Å². The van der Waals surface area contributed by atoms with E-state index in [2.05, 4.69) is 9.55 Å². The number of nitrogens with two attached hydrogens (primary N) is 1. The first-order chi connectivity index (χ1) is 15.9. The molecule has 0 radical (unpaired) electrons. The van der Waals surface area contributed by atoms with Crippen molar-refractivity contribution in [1.29, 1.82) is 0 Å². The maximum Gasteiger partial charge on any atom is 0.251 e. The van der Waals surface area contributed by atoms with Gasteiger partial charge in [-0.05, 0) is 49.6 Å². The standard InChI is InChI=1S/C22H24ClN5O4S/c1-12(29)21(30)27-6-3-13(10-27)4-7-28-15-2-5-25-20(24)19(15)26-22(28)33-18-9-17-16(8-14(18)23)31-11-32-17/h2,5,8-9,12-13,29H,3-4,6-7,10-11H2,1H3,(H2,24,25)/t12-,13?/m0/s1. The number of imidazole rings is 1. The zero-order chi connectivity index (χ0) is 23.1. The van der Waals surface area contributed by atoms with Crippen LogP contribution < -0.4 is 15.2 Å². The van der Waals surface area contributed by atoms with Gasteiger partial charge in [-0.25, -0.2) is 9.97 Å². The molecule has 5 rings (SSSR count). The Balaban J connectivity index is 1.40. The number of fused-ring (bicyclic) bond motifs is 2. The van der Waals surface area contributed by atoms with Crippen molar-refractivity contribution in [2.75, 3.05) is 25.6 Å². The van der Waals surface area contributed by atoms with E-state index in [1.807, 2.05) is 12.1 Å². The number of ether oxygens (including phenoxy) is 2. The molecule has 1 unspecified atom stereocenters. The number of carbonyl (C=O) groups excluding carboxylic acids is 1. The minimum atomic E-state index is -0.966. The Morgan fingerprint density at radius 3 is 2.97 bits per heavy atom. The SMILES string of the molecule is C[C@H](O)C(=O)N1CCC(CCn2c(Sc3cc4c(cc3Cl)OCO4)nc3c(N)nccc32)C1. The maximum atomic E-state index is 12.1. The molecule has 33 heavy (non-hydrogen) atoms. The third kappa shape index (κ3) is 4.30. The van der Waals surface area contributed by atoms with Crippen molar-refractivity contribution in [3.63, 3.8) is 0 Å². The second kappa shape index (κ2) is 8.92. The van der Waals surface area contributed by atoms with Crippen LogP contribution in [-0.4, -0.2) is 56.4 Å². The molecule has 2 atom stereocenters. The summed E-state index contributed by atoms with van der Waals surface area (Å²) in [6, 6.07) is 5.51. The number of anilines is 1. The molecule has 3 N–H and O–H groups in total. The first kappa shape index (κ1) is 22.1. The number of carbonyl (C=O) groups is 1. The van der Waals surface area contributed by atoms with E-state index in [-0.39, 0.29) is 12.7 Å². The third-order valence-corrected chi connectivity index (χ3v) is 7.48. The molecule has 11 heteroatoms. The van der Waals surface area contributed by atoms with E-state index in [1.165, 1.54) is 18.7 Å². The molecule has 2 aromatic heterocycles. The molecule has 1 fully saturated rings. The van der Waals surface area contributed by atoms with Gasteiger partial charge in [-0.3, -0.25) is 4.79 Å². The van der Waals surface area contributed by atoms with Crippen LogP contribution in [0.5, 0.6) is 11.5 Å².